The van der Waals surface area contributed by atoms with Gasteiger partial charge in [0.25, 0.3) is 10.1 Å². The molecular weight excluding hydrogens is 436 g/mol. The van der Waals surface area contributed by atoms with Crippen molar-refractivity contribution in [2.24, 2.45) is 52.3 Å². The molecule has 0 radical (unpaired) electrons. The highest BCUT2D eigenvalue weighted by atomic mass is 32.2. The van der Waals surface area contributed by atoms with Crippen LogP contribution in [0.1, 0.15) is 98.8 Å². The second-order valence-corrected chi connectivity index (χ2v) is 14.8. The summed E-state index contributed by atoms with van der Waals surface area (Å²) < 4.78 is 33.4. The van der Waals surface area contributed by atoms with E-state index in [-0.39, 0.29) is 22.9 Å². The topological polar surface area (TPSA) is 91.7 Å². The molecule has 0 saturated heterocycles. The highest BCUT2D eigenvalue weighted by Gasteiger charge is 2.62. The number of rotatable bonds is 6. The van der Waals surface area contributed by atoms with Gasteiger partial charge in [-0.2, -0.15) is 8.42 Å². The number of aliphatic hydroxyl groups excluding tert-OH is 1. The minimum absolute atomic E-state index is 0.0944. The third kappa shape index (κ3) is 4.35. The molecule has 0 aromatic heterocycles. The number of hydrogen-bond donors (Lipinski definition) is 2. The van der Waals surface area contributed by atoms with Crippen molar-refractivity contribution in [1.29, 1.82) is 0 Å². The Labute approximate surface area is 201 Å². The zero-order valence-corrected chi connectivity index (χ0v) is 22.1. The van der Waals surface area contributed by atoms with Crippen LogP contribution in [-0.2, 0) is 14.9 Å². The van der Waals surface area contributed by atoms with Crippen LogP contribution in [0, 0.1) is 52.3 Å². The third-order valence-electron chi connectivity index (χ3n) is 11.3. The van der Waals surface area contributed by atoms with Crippen LogP contribution in [0.3, 0.4) is 0 Å². The van der Waals surface area contributed by atoms with Crippen molar-refractivity contribution in [3.8, 4) is 0 Å². The van der Waals surface area contributed by atoms with Crippen molar-refractivity contribution in [1.82, 2.24) is 0 Å². The molecule has 0 aromatic rings. The van der Waals surface area contributed by atoms with Gasteiger partial charge in [-0.15, -0.1) is 0 Å². The SMILES string of the molecule is CC(C)[C@@H](CC[C@@H](C)C1CCC2C3C(O)C[C@@H]4CC(=O)CC[C@]4(C)C3CC[C@@]21C)S(=O)(=O)O. The number of hydrogen-bond acceptors (Lipinski definition) is 4. The molecular formula is C27H46O5S. The summed E-state index contributed by atoms with van der Waals surface area (Å²) in [7, 11) is -4.02. The van der Waals surface area contributed by atoms with Gasteiger partial charge in [-0.1, -0.05) is 34.6 Å². The summed E-state index contributed by atoms with van der Waals surface area (Å²) in [6, 6.07) is 0. The molecule has 0 aliphatic heterocycles. The summed E-state index contributed by atoms with van der Waals surface area (Å²) in [5.74, 6) is 2.90. The first kappa shape index (κ1) is 25.6. The molecule has 6 heteroatoms. The normalized spacial score (nSPS) is 45.3. The second kappa shape index (κ2) is 8.89. The molecule has 190 valence electrons. The molecule has 4 aliphatic rings. The van der Waals surface area contributed by atoms with Gasteiger partial charge in [0.15, 0.2) is 0 Å². The van der Waals surface area contributed by atoms with Crippen LogP contribution < -0.4 is 0 Å². The molecule has 2 N–H and O–H groups in total. The Morgan fingerprint density at radius 2 is 1.67 bits per heavy atom. The summed E-state index contributed by atoms with van der Waals surface area (Å²) in [6.45, 7) is 10.9. The van der Waals surface area contributed by atoms with E-state index < -0.39 is 15.4 Å². The van der Waals surface area contributed by atoms with Gasteiger partial charge in [0.1, 0.15) is 5.78 Å². The summed E-state index contributed by atoms with van der Waals surface area (Å²) in [6.07, 6.45) is 8.75. The Morgan fingerprint density at radius 3 is 2.30 bits per heavy atom. The number of Topliss-reactive ketones (excluding diaryl/α,β-unsaturated/α-hetero) is 1. The first-order valence-corrected chi connectivity index (χ1v) is 15.0. The molecule has 4 rings (SSSR count). The molecule has 0 aromatic carbocycles. The van der Waals surface area contributed by atoms with Crippen molar-refractivity contribution in [2.75, 3.05) is 0 Å². The van der Waals surface area contributed by atoms with Crippen molar-refractivity contribution in [2.45, 2.75) is 110 Å². The average molecular weight is 483 g/mol. The van der Waals surface area contributed by atoms with Gasteiger partial charge in [-0.05, 0) is 104 Å². The Morgan fingerprint density at radius 1 is 1.00 bits per heavy atom. The van der Waals surface area contributed by atoms with Crippen LogP contribution in [0.25, 0.3) is 0 Å². The Bertz CT molecular complexity index is 853. The van der Waals surface area contributed by atoms with E-state index >= 15 is 0 Å². The van der Waals surface area contributed by atoms with Gasteiger partial charge in [0.2, 0.25) is 0 Å². The predicted octanol–water partition coefficient (Wildman–Crippen LogP) is 5.51. The van der Waals surface area contributed by atoms with Gasteiger partial charge in [0.05, 0.1) is 11.4 Å². The van der Waals surface area contributed by atoms with E-state index in [4.69, 9.17) is 0 Å². The number of carbonyl (C=O) groups is 1. The van der Waals surface area contributed by atoms with Crippen LogP contribution in [-0.4, -0.2) is 35.2 Å². The zero-order valence-electron chi connectivity index (χ0n) is 21.3. The van der Waals surface area contributed by atoms with E-state index in [0.29, 0.717) is 60.6 Å². The molecule has 5 nitrogen and oxygen atoms in total. The number of ketones is 1. The van der Waals surface area contributed by atoms with E-state index in [2.05, 4.69) is 20.8 Å². The monoisotopic (exact) mass is 482 g/mol. The van der Waals surface area contributed by atoms with Gasteiger partial charge >= 0.3 is 0 Å². The molecule has 0 heterocycles. The lowest BCUT2D eigenvalue weighted by molar-refractivity contribution is -0.168. The van der Waals surface area contributed by atoms with E-state index in [1.54, 1.807) is 0 Å². The van der Waals surface area contributed by atoms with Crippen LogP contribution in [0.2, 0.25) is 0 Å². The maximum atomic E-state index is 12.2. The summed E-state index contributed by atoms with van der Waals surface area (Å²) in [5.41, 5.74) is 0.365. The molecule has 4 fully saturated rings. The second-order valence-electron chi connectivity index (χ2n) is 13.1. The fourth-order valence-electron chi connectivity index (χ4n) is 9.44. The van der Waals surface area contributed by atoms with Crippen LogP contribution in [0.15, 0.2) is 0 Å². The highest BCUT2D eigenvalue weighted by molar-refractivity contribution is 7.86. The zero-order chi connectivity index (χ0) is 24.3. The molecule has 33 heavy (non-hydrogen) atoms. The van der Waals surface area contributed by atoms with E-state index in [1.807, 2.05) is 13.8 Å². The highest BCUT2D eigenvalue weighted by Crippen LogP contribution is 2.68. The van der Waals surface area contributed by atoms with Gasteiger partial charge in [-0.3, -0.25) is 9.35 Å². The smallest absolute Gasteiger partial charge is 0.268 e. The fraction of sp³-hybridized carbons (Fsp3) is 0.963. The predicted molar refractivity (Wildman–Crippen MR) is 130 cm³/mol. The summed E-state index contributed by atoms with van der Waals surface area (Å²) in [4.78, 5) is 12.2. The third-order valence-corrected chi connectivity index (χ3v) is 12.8. The Balaban J connectivity index is 1.50. The molecule has 4 aliphatic carbocycles. The van der Waals surface area contributed by atoms with Crippen molar-refractivity contribution in [3.63, 3.8) is 0 Å². The van der Waals surface area contributed by atoms with Crippen LogP contribution in [0.4, 0.5) is 0 Å². The van der Waals surface area contributed by atoms with Crippen LogP contribution >= 0.6 is 0 Å². The van der Waals surface area contributed by atoms with Gasteiger partial charge in [-0.25, -0.2) is 0 Å². The molecule has 10 atom stereocenters. The maximum Gasteiger partial charge on any atom is 0.268 e. The molecule has 0 amide bonds. The van der Waals surface area contributed by atoms with E-state index in [1.165, 1.54) is 6.42 Å². The lowest BCUT2D eigenvalue weighted by Gasteiger charge is -2.62. The fourth-order valence-corrected chi connectivity index (χ4v) is 10.6. The molecule has 0 bridgehead atoms. The molecule has 5 unspecified atom stereocenters. The Kier molecular flexibility index (Phi) is 6.90. The van der Waals surface area contributed by atoms with Crippen molar-refractivity contribution < 1.29 is 22.9 Å². The van der Waals surface area contributed by atoms with Crippen LogP contribution in [0.5, 0.6) is 0 Å². The lowest BCUT2D eigenvalue weighted by atomic mass is 9.44. The number of aliphatic hydroxyl groups is 1. The lowest BCUT2D eigenvalue weighted by Crippen LogP contribution is -2.58. The van der Waals surface area contributed by atoms with E-state index in [9.17, 15) is 22.9 Å². The number of carbonyl (C=O) groups excluding carboxylic acids is 1. The first-order chi connectivity index (χ1) is 15.3. The minimum Gasteiger partial charge on any atom is -0.393 e. The minimum atomic E-state index is -4.02. The van der Waals surface area contributed by atoms with E-state index in [0.717, 1.165) is 38.5 Å². The quantitative estimate of drug-likeness (QED) is 0.487. The number of fused-ring (bicyclic) bond motifs is 5. The first-order valence-electron chi connectivity index (χ1n) is 13.4. The van der Waals surface area contributed by atoms with Crippen molar-refractivity contribution in [3.05, 3.63) is 0 Å². The largest absolute Gasteiger partial charge is 0.393 e. The maximum absolute atomic E-state index is 12.2. The van der Waals surface area contributed by atoms with Gasteiger partial charge < -0.3 is 5.11 Å². The molecule has 0 spiro atoms. The summed E-state index contributed by atoms with van der Waals surface area (Å²) in [5, 5.41) is 10.7. The van der Waals surface area contributed by atoms with Gasteiger partial charge in [0, 0.05) is 12.8 Å². The molecule has 4 saturated carbocycles. The van der Waals surface area contributed by atoms with Crippen molar-refractivity contribution >= 4 is 15.9 Å². The summed E-state index contributed by atoms with van der Waals surface area (Å²) >= 11 is 0. The Hall–Kier alpha value is -0.460. The standard InChI is InChI=1S/C27H46O5S/c1-16(2)24(33(30,31)32)9-6-17(3)20-7-8-21-25-22(11-13-27(20,21)5)26(4)12-10-19(28)14-18(26)15-23(25)29/h16-18,20-25,29H,6-15H2,1-5H3,(H,30,31,32)/t17-,18+,20?,21?,22?,23?,24-,25?,26+,27-/m1/s1. The average Bonchev–Trinajstić information content (AvgIpc) is 3.05.